The number of sulfonamides is 1. The van der Waals surface area contributed by atoms with Gasteiger partial charge < -0.3 is 5.32 Å². The van der Waals surface area contributed by atoms with Gasteiger partial charge in [-0.2, -0.15) is 0 Å². The Morgan fingerprint density at radius 1 is 1.35 bits per heavy atom. The summed E-state index contributed by atoms with van der Waals surface area (Å²) in [6, 6.07) is 1.69. The number of nitrogens with one attached hydrogen (secondary N) is 2. The summed E-state index contributed by atoms with van der Waals surface area (Å²) < 4.78 is 27.3. The van der Waals surface area contributed by atoms with Crippen LogP contribution in [0.25, 0.3) is 0 Å². The van der Waals surface area contributed by atoms with Crippen molar-refractivity contribution in [2.75, 3.05) is 18.4 Å². The fourth-order valence-electron chi connectivity index (χ4n) is 2.70. The van der Waals surface area contributed by atoms with Gasteiger partial charge in [-0.25, -0.2) is 13.1 Å². The lowest BCUT2D eigenvalue weighted by atomic mass is 10.1. The average Bonchev–Trinajstić information content (AvgIpc) is 2.92. The van der Waals surface area contributed by atoms with E-state index in [4.69, 9.17) is 0 Å². The van der Waals surface area contributed by atoms with Crippen LogP contribution in [0.4, 0.5) is 5.69 Å². The van der Waals surface area contributed by atoms with E-state index in [1.807, 2.05) is 6.92 Å². The van der Waals surface area contributed by atoms with Crippen molar-refractivity contribution < 1.29 is 8.42 Å². The van der Waals surface area contributed by atoms with E-state index in [-0.39, 0.29) is 4.90 Å². The van der Waals surface area contributed by atoms with Crippen LogP contribution >= 0.6 is 0 Å². The predicted octanol–water partition coefficient (Wildman–Crippen LogP) is 2.37. The summed E-state index contributed by atoms with van der Waals surface area (Å²) in [4.78, 5) is 4.15. The molecule has 0 unspecified atom stereocenters. The summed E-state index contributed by atoms with van der Waals surface area (Å²) in [7, 11) is -3.48. The maximum absolute atomic E-state index is 12.3. The highest BCUT2D eigenvalue weighted by Gasteiger charge is 2.20. The Morgan fingerprint density at radius 3 is 2.80 bits per heavy atom. The van der Waals surface area contributed by atoms with Crippen molar-refractivity contribution in [3.63, 3.8) is 0 Å². The first-order valence-corrected chi connectivity index (χ1v) is 8.79. The summed E-state index contributed by atoms with van der Waals surface area (Å²) in [5.41, 5.74) is 0.607. The number of aromatic nitrogens is 1. The summed E-state index contributed by atoms with van der Waals surface area (Å²) in [6.07, 6.45) is 8.95. The van der Waals surface area contributed by atoms with E-state index in [2.05, 4.69) is 15.0 Å². The molecule has 1 aromatic rings. The van der Waals surface area contributed by atoms with E-state index >= 15 is 0 Å². The number of anilines is 1. The molecule has 5 nitrogen and oxygen atoms in total. The average molecular weight is 297 g/mol. The van der Waals surface area contributed by atoms with Crippen LogP contribution in [-0.2, 0) is 10.0 Å². The van der Waals surface area contributed by atoms with Crippen molar-refractivity contribution >= 4 is 15.7 Å². The van der Waals surface area contributed by atoms with Crippen LogP contribution < -0.4 is 10.0 Å². The molecule has 1 aliphatic rings. The third kappa shape index (κ3) is 3.93. The largest absolute Gasteiger partial charge is 0.384 e. The van der Waals surface area contributed by atoms with E-state index in [1.165, 1.54) is 31.9 Å². The second-order valence-electron chi connectivity index (χ2n) is 5.24. The standard InChI is InChI=1S/C14H23N3O2S/c1-2-16-13-8-9-15-11-14(13)20(18,19)17-10-7-12-5-3-4-6-12/h8-9,11-12,17H,2-7,10H2,1H3,(H,15,16). The maximum Gasteiger partial charge on any atom is 0.244 e. The Morgan fingerprint density at radius 2 is 2.10 bits per heavy atom. The zero-order chi connectivity index (χ0) is 14.4. The van der Waals surface area contributed by atoms with Gasteiger partial charge in [-0.15, -0.1) is 0 Å². The van der Waals surface area contributed by atoms with Gasteiger partial charge in [0.05, 0.1) is 5.69 Å². The minimum Gasteiger partial charge on any atom is -0.384 e. The first kappa shape index (κ1) is 15.3. The zero-order valence-corrected chi connectivity index (χ0v) is 12.7. The molecule has 2 rings (SSSR count). The number of nitrogens with zero attached hydrogens (tertiary/aromatic N) is 1. The van der Waals surface area contributed by atoms with Gasteiger partial charge in [0.1, 0.15) is 4.90 Å². The first-order valence-electron chi connectivity index (χ1n) is 7.31. The van der Waals surface area contributed by atoms with E-state index in [0.717, 1.165) is 6.42 Å². The van der Waals surface area contributed by atoms with Crippen molar-refractivity contribution in [1.29, 1.82) is 0 Å². The highest BCUT2D eigenvalue weighted by Crippen LogP contribution is 2.27. The number of hydrogen-bond acceptors (Lipinski definition) is 4. The molecule has 112 valence electrons. The Kier molecular flexibility index (Phi) is 5.37. The molecule has 1 saturated carbocycles. The molecule has 20 heavy (non-hydrogen) atoms. The molecule has 2 N–H and O–H groups in total. The Bertz CT molecular complexity index is 525. The van der Waals surface area contributed by atoms with E-state index in [9.17, 15) is 8.42 Å². The minimum atomic E-state index is -3.48. The predicted molar refractivity (Wildman–Crippen MR) is 80.2 cm³/mol. The number of rotatable bonds is 7. The van der Waals surface area contributed by atoms with Crippen LogP contribution in [0.1, 0.15) is 39.0 Å². The lowest BCUT2D eigenvalue weighted by Gasteiger charge is -2.13. The van der Waals surface area contributed by atoms with E-state index in [1.54, 1.807) is 12.3 Å². The van der Waals surface area contributed by atoms with Crippen molar-refractivity contribution in [2.45, 2.75) is 43.9 Å². The van der Waals surface area contributed by atoms with Crippen molar-refractivity contribution in [1.82, 2.24) is 9.71 Å². The molecule has 0 spiro atoms. The van der Waals surface area contributed by atoms with E-state index < -0.39 is 10.0 Å². The van der Waals surface area contributed by atoms with Crippen LogP contribution in [0.5, 0.6) is 0 Å². The fraction of sp³-hybridized carbons (Fsp3) is 0.643. The molecule has 0 aromatic carbocycles. The molecular formula is C14H23N3O2S. The monoisotopic (exact) mass is 297 g/mol. The molecule has 1 fully saturated rings. The zero-order valence-electron chi connectivity index (χ0n) is 11.9. The van der Waals surface area contributed by atoms with Gasteiger partial charge >= 0.3 is 0 Å². The van der Waals surface area contributed by atoms with Gasteiger partial charge in [0.25, 0.3) is 0 Å². The summed E-state index contributed by atoms with van der Waals surface area (Å²) in [6.45, 7) is 3.12. The molecule has 0 bridgehead atoms. The second kappa shape index (κ2) is 7.04. The minimum absolute atomic E-state index is 0.230. The second-order valence-corrected chi connectivity index (χ2v) is 6.97. The molecule has 0 amide bonds. The van der Waals surface area contributed by atoms with Crippen molar-refractivity contribution in [2.24, 2.45) is 5.92 Å². The van der Waals surface area contributed by atoms with Gasteiger partial charge in [-0.3, -0.25) is 4.98 Å². The van der Waals surface area contributed by atoms with Gasteiger partial charge in [0.2, 0.25) is 10.0 Å². The van der Waals surface area contributed by atoms with Crippen LogP contribution in [0.15, 0.2) is 23.4 Å². The molecule has 0 atom stereocenters. The topological polar surface area (TPSA) is 71.1 Å². The lowest BCUT2D eigenvalue weighted by Crippen LogP contribution is -2.27. The number of hydrogen-bond donors (Lipinski definition) is 2. The fourth-order valence-corrected chi connectivity index (χ4v) is 3.88. The lowest BCUT2D eigenvalue weighted by molar-refractivity contribution is 0.495. The van der Waals surface area contributed by atoms with Crippen molar-refractivity contribution in [3.05, 3.63) is 18.5 Å². The Hall–Kier alpha value is -1.14. The smallest absolute Gasteiger partial charge is 0.244 e. The molecule has 6 heteroatoms. The molecule has 1 aliphatic carbocycles. The highest BCUT2D eigenvalue weighted by atomic mass is 32.2. The molecule has 1 heterocycles. The maximum atomic E-state index is 12.3. The number of pyridine rings is 1. The highest BCUT2D eigenvalue weighted by molar-refractivity contribution is 7.89. The molecule has 0 radical (unpaired) electrons. The van der Waals surface area contributed by atoms with Crippen LogP contribution in [0, 0.1) is 5.92 Å². The normalized spacial score (nSPS) is 16.4. The summed E-state index contributed by atoms with van der Waals surface area (Å²) in [5, 5.41) is 3.05. The van der Waals surface area contributed by atoms with Crippen LogP contribution in [0.2, 0.25) is 0 Å². The summed E-state index contributed by atoms with van der Waals surface area (Å²) in [5.74, 6) is 0.680. The Labute approximate surface area is 121 Å². The third-order valence-electron chi connectivity index (χ3n) is 3.76. The first-order chi connectivity index (χ1) is 9.63. The van der Waals surface area contributed by atoms with Gasteiger partial charge in [-0.1, -0.05) is 25.7 Å². The molecular weight excluding hydrogens is 274 g/mol. The molecule has 0 saturated heterocycles. The molecule has 0 aliphatic heterocycles. The van der Waals surface area contributed by atoms with Gasteiger partial charge in [0.15, 0.2) is 0 Å². The Balaban J connectivity index is 1.98. The van der Waals surface area contributed by atoms with Gasteiger partial charge in [-0.05, 0) is 25.3 Å². The van der Waals surface area contributed by atoms with Crippen molar-refractivity contribution in [3.8, 4) is 0 Å². The quantitative estimate of drug-likeness (QED) is 0.810. The molecule has 1 aromatic heterocycles. The van der Waals surface area contributed by atoms with E-state index in [0.29, 0.717) is 24.7 Å². The van der Waals surface area contributed by atoms with Crippen LogP contribution in [0.3, 0.4) is 0 Å². The SMILES string of the molecule is CCNc1ccncc1S(=O)(=O)NCCC1CCCC1. The van der Waals surface area contributed by atoms with Crippen LogP contribution in [-0.4, -0.2) is 26.5 Å². The summed E-state index contributed by atoms with van der Waals surface area (Å²) >= 11 is 0. The third-order valence-corrected chi connectivity index (χ3v) is 5.25. The van der Waals surface area contributed by atoms with Gasteiger partial charge in [0, 0.05) is 25.5 Å².